The second-order valence-electron chi connectivity index (χ2n) is 4.39. The van der Waals surface area contributed by atoms with Gasteiger partial charge >= 0.3 is 0 Å². The Labute approximate surface area is 124 Å². The molecule has 0 aliphatic carbocycles. The van der Waals surface area contributed by atoms with Gasteiger partial charge in [0.05, 0.1) is 30.4 Å². The van der Waals surface area contributed by atoms with Crippen molar-refractivity contribution in [3.8, 4) is 10.7 Å². The van der Waals surface area contributed by atoms with E-state index in [0.29, 0.717) is 12.4 Å². The first-order valence-electron chi connectivity index (χ1n) is 6.41. The van der Waals surface area contributed by atoms with Crippen molar-refractivity contribution in [3.05, 3.63) is 41.7 Å². The molecular formula is C13H14N4O3S. The molecule has 0 aromatic carbocycles. The van der Waals surface area contributed by atoms with E-state index in [0.717, 1.165) is 10.6 Å². The molecule has 3 aromatic heterocycles. The molecule has 7 nitrogen and oxygen atoms in total. The Morgan fingerprint density at radius 3 is 3.10 bits per heavy atom. The first-order valence-corrected chi connectivity index (χ1v) is 7.29. The highest BCUT2D eigenvalue weighted by atomic mass is 32.1. The summed E-state index contributed by atoms with van der Waals surface area (Å²) in [6.45, 7) is 0.738. The Kier molecular flexibility index (Phi) is 4.39. The molecule has 0 radical (unpaired) electrons. The van der Waals surface area contributed by atoms with Crippen LogP contribution in [0.3, 0.4) is 0 Å². The predicted molar refractivity (Wildman–Crippen MR) is 75.5 cm³/mol. The van der Waals surface area contributed by atoms with E-state index < -0.39 is 6.10 Å². The van der Waals surface area contributed by atoms with E-state index in [1.165, 1.54) is 4.80 Å². The molecule has 110 valence electrons. The minimum atomic E-state index is -0.703. The number of furan rings is 1. The molecule has 0 saturated carbocycles. The summed E-state index contributed by atoms with van der Waals surface area (Å²) in [4.78, 5) is 2.32. The quantitative estimate of drug-likeness (QED) is 0.713. The molecule has 1 atom stereocenters. The van der Waals surface area contributed by atoms with Crippen LogP contribution >= 0.6 is 11.3 Å². The van der Waals surface area contributed by atoms with Crippen LogP contribution in [0.1, 0.15) is 5.76 Å². The molecule has 1 N–H and O–H groups in total. The third kappa shape index (κ3) is 3.75. The van der Waals surface area contributed by atoms with Gasteiger partial charge in [0.25, 0.3) is 0 Å². The minimum absolute atomic E-state index is 0.177. The predicted octanol–water partition coefficient (Wildman–Crippen LogP) is 1.57. The number of nitrogens with zero attached hydrogens (tertiary/aromatic N) is 4. The van der Waals surface area contributed by atoms with Crippen LogP contribution in [0.4, 0.5) is 0 Å². The summed E-state index contributed by atoms with van der Waals surface area (Å²) in [5.74, 6) is 1.29. The maximum Gasteiger partial charge on any atom is 0.214 e. The summed E-state index contributed by atoms with van der Waals surface area (Å²) < 4.78 is 10.5. The van der Waals surface area contributed by atoms with Gasteiger partial charge < -0.3 is 14.3 Å². The van der Waals surface area contributed by atoms with Crippen LogP contribution < -0.4 is 0 Å². The summed E-state index contributed by atoms with van der Waals surface area (Å²) in [6.07, 6.45) is 0.881. The zero-order valence-electron chi connectivity index (χ0n) is 11.1. The Bertz CT molecular complexity index is 651. The second kappa shape index (κ2) is 6.61. The van der Waals surface area contributed by atoms with E-state index in [2.05, 4.69) is 15.4 Å². The third-order valence-electron chi connectivity index (χ3n) is 2.70. The van der Waals surface area contributed by atoms with Crippen molar-refractivity contribution < 1.29 is 14.3 Å². The van der Waals surface area contributed by atoms with Gasteiger partial charge in [-0.2, -0.15) is 4.80 Å². The van der Waals surface area contributed by atoms with Crippen LogP contribution in [-0.4, -0.2) is 38.0 Å². The molecule has 3 heterocycles. The number of thiophene rings is 1. The first-order chi connectivity index (χ1) is 10.3. The van der Waals surface area contributed by atoms with Crippen molar-refractivity contribution in [2.24, 2.45) is 0 Å². The number of aliphatic hydroxyl groups excluding tert-OH is 1. The number of tetrazole rings is 1. The molecule has 0 amide bonds. The van der Waals surface area contributed by atoms with Gasteiger partial charge in [-0.1, -0.05) is 6.07 Å². The minimum Gasteiger partial charge on any atom is -0.467 e. The average Bonchev–Trinajstić information content (AvgIpc) is 3.21. The van der Waals surface area contributed by atoms with Crippen molar-refractivity contribution >= 4 is 11.3 Å². The number of aliphatic hydroxyl groups is 1. The molecule has 8 heteroatoms. The van der Waals surface area contributed by atoms with Crippen LogP contribution in [0.2, 0.25) is 0 Å². The van der Waals surface area contributed by atoms with Gasteiger partial charge in [0.1, 0.15) is 12.4 Å². The van der Waals surface area contributed by atoms with E-state index in [1.807, 2.05) is 23.6 Å². The normalized spacial score (nSPS) is 12.6. The number of hydrogen-bond donors (Lipinski definition) is 1. The molecule has 0 aliphatic heterocycles. The fourth-order valence-electron chi connectivity index (χ4n) is 1.76. The lowest BCUT2D eigenvalue weighted by Crippen LogP contribution is -2.23. The first kappa shape index (κ1) is 13.9. The van der Waals surface area contributed by atoms with Crippen LogP contribution in [0.25, 0.3) is 10.7 Å². The Morgan fingerprint density at radius 1 is 1.38 bits per heavy atom. The number of hydrogen-bond acceptors (Lipinski definition) is 7. The van der Waals surface area contributed by atoms with E-state index in [4.69, 9.17) is 9.15 Å². The van der Waals surface area contributed by atoms with E-state index >= 15 is 0 Å². The molecule has 21 heavy (non-hydrogen) atoms. The lowest BCUT2D eigenvalue weighted by atomic mass is 10.4. The molecule has 0 fully saturated rings. The highest BCUT2D eigenvalue weighted by molar-refractivity contribution is 7.13. The third-order valence-corrected chi connectivity index (χ3v) is 3.57. The standard InChI is InChI=1S/C13H14N4O3S/c18-10(8-19-9-11-3-1-5-20-11)7-17-15-13(14-16-17)12-4-2-6-21-12/h1-6,10,18H,7-9H2/t10-/m0/s1. The highest BCUT2D eigenvalue weighted by Gasteiger charge is 2.11. The van der Waals surface area contributed by atoms with Crippen molar-refractivity contribution in [1.29, 1.82) is 0 Å². The van der Waals surface area contributed by atoms with Gasteiger partial charge in [0.2, 0.25) is 5.82 Å². The summed E-state index contributed by atoms with van der Waals surface area (Å²) in [7, 11) is 0. The van der Waals surface area contributed by atoms with Gasteiger partial charge in [0.15, 0.2) is 0 Å². The van der Waals surface area contributed by atoms with Gasteiger partial charge in [0, 0.05) is 0 Å². The molecular weight excluding hydrogens is 292 g/mol. The van der Waals surface area contributed by atoms with E-state index in [1.54, 1.807) is 23.7 Å². The van der Waals surface area contributed by atoms with Gasteiger partial charge in [-0.25, -0.2) is 0 Å². The molecule has 3 rings (SSSR count). The van der Waals surface area contributed by atoms with Crippen molar-refractivity contribution in [3.63, 3.8) is 0 Å². The molecule has 0 bridgehead atoms. The number of aromatic nitrogens is 4. The van der Waals surface area contributed by atoms with Crippen LogP contribution in [0.15, 0.2) is 40.3 Å². The zero-order chi connectivity index (χ0) is 14.5. The average molecular weight is 306 g/mol. The van der Waals surface area contributed by atoms with Crippen LogP contribution in [0.5, 0.6) is 0 Å². The largest absolute Gasteiger partial charge is 0.467 e. The van der Waals surface area contributed by atoms with Crippen molar-refractivity contribution in [1.82, 2.24) is 20.2 Å². The maximum atomic E-state index is 9.89. The second-order valence-corrected chi connectivity index (χ2v) is 5.34. The molecule has 3 aromatic rings. The Morgan fingerprint density at radius 2 is 2.33 bits per heavy atom. The lowest BCUT2D eigenvalue weighted by molar-refractivity contribution is 0.0111. The summed E-state index contributed by atoms with van der Waals surface area (Å²) >= 11 is 1.54. The van der Waals surface area contributed by atoms with Gasteiger partial charge in [-0.15, -0.1) is 21.5 Å². The van der Waals surface area contributed by atoms with Gasteiger partial charge in [-0.05, 0) is 28.8 Å². The lowest BCUT2D eigenvalue weighted by Gasteiger charge is -2.09. The van der Waals surface area contributed by atoms with Crippen molar-refractivity contribution in [2.45, 2.75) is 19.3 Å². The van der Waals surface area contributed by atoms with E-state index in [-0.39, 0.29) is 13.2 Å². The summed E-state index contributed by atoms with van der Waals surface area (Å²) in [5.41, 5.74) is 0. The Balaban J connectivity index is 1.47. The fourth-order valence-corrected chi connectivity index (χ4v) is 2.40. The smallest absolute Gasteiger partial charge is 0.214 e. The molecule has 0 spiro atoms. The Hall–Kier alpha value is -2.03. The van der Waals surface area contributed by atoms with Gasteiger partial charge in [-0.3, -0.25) is 0 Å². The fraction of sp³-hybridized carbons (Fsp3) is 0.308. The number of rotatable bonds is 7. The maximum absolute atomic E-state index is 9.89. The van der Waals surface area contributed by atoms with Crippen molar-refractivity contribution in [2.75, 3.05) is 6.61 Å². The monoisotopic (exact) mass is 306 g/mol. The number of ether oxygens (including phenoxy) is 1. The molecule has 0 aliphatic rings. The highest BCUT2D eigenvalue weighted by Crippen LogP contribution is 2.19. The summed E-state index contributed by atoms with van der Waals surface area (Å²) in [5, 5.41) is 23.9. The van der Waals surface area contributed by atoms with Crippen LogP contribution in [-0.2, 0) is 17.9 Å². The molecule has 0 saturated heterocycles. The molecule has 0 unspecified atom stereocenters. The van der Waals surface area contributed by atoms with Crippen LogP contribution in [0, 0.1) is 0 Å². The topological polar surface area (TPSA) is 86.2 Å². The summed E-state index contributed by atoms with van der Waals surface area (Å²) in [6, 6.07) is 7.46. The van der Waals surface area contributed by atoms with E-state index in [9.17, 15) is 5.11 Å². The SMILES string of the molecule is O[C@H](COCc1ccco1)Cn1nnc(-c2cccs2)n1. The zero-order valence-corrected chi connectivity index (χ0v) is 11.9.